The van der Waals surface area contributed by atoms with Crippen LogP contribution in [0.4, 0.5) is 11.4 Å². The summed E-state index contributed by atoms with van der Waals surface area (Å²) in [7, 11) is 0. The number of ether oxygens (including phenoxy) is 1. The van der Waals surface area contributed by atoms with Crippen LogP contribution in [0.15, 0.2) is 24.3 Å². The SMILES string of the molecule is O=C1CN(CC2CNCCO2)c2ccccc2N1. The van der Waals surface area contributed by atoms with E-state index in [1.807, 2.05) is 24.3 Å². The van der Waals surface area contributed by atoms with Crippen LogP contribution in [-0.2, 0) is 9.53 Å². The Labute approximate surface area is 106 Å². The predicted octanol–water partition coefficient (Wildman–Crippen LogP) is 0.433. The quantitative estimate of drug-likeness (QED) is 0.796. The fourth-order valence-electron chi connectivity index (χ4n) is 2.45. The van der Waals surface area contributed by atoms with Crippen molar-refractivity contribution < 1.29 is 9.53 Å². The number of hydrogen-bond acceptors (Lipinski definition) is 4. The molecule has 0 bridgehead atoms. The first-order chi connectivity index (χ1) is 8.83. The molecule has 1 amide bonds. The van der Waals surface area contributed by atoms with Gasteiger partial charge >= 0.3 is 0 Å². The van der Waals surface area contributed by atoms with Crippen molar-refractivity contribution in [2.75, 3.05) is 43.0 Å². The molecule has 0 saturated carbocycles. The molecular formula is C13H17N3O2. The van der Waals surface area contributed by atoms with Crippen LogP contribution in [0.3, 0.4) is 0 Å². The molecule has 2 aliphatic rings. The molecule has 1 atom stereocenters. The van der Waals surface area contributed by atoms with Gasteiger partial charge in [0.15, 0.2) is 0 Å². The van der Waals surface area contributed by atoms with Gasteiger partial charge in [0.2, 0.25) is 5.91 Å². The van der Waals surface area contributed by atoms with Crippen molar-refractivity contribution in [3.8, 4) is 0 Å². The first-order valence-corrected chi connectivity index (χ1v) is 6.29. The Morgan fingerprint density at radius 3 is 3.11 bits per heavy atom. The number of rotatable bonds is 2. The third-order valence-corrected chi connectivity index (χ3v) is 3.28. The summed E-state index contributed by atoms with van der Waals surface area (Å²) in [5.41, 5.74) is 1.96. The zero-order valence-electron chi connectivity index (χ0n) is 10.2. The lowest BCUT2D eigenvalue weighted by Crippen LogP contribution is -2.48. The van der Waals surface area contributed by atoms with E-state index in [1.54, 1.807) is 0 Å². The third kappa shape index (κ3) is 2.32. The summed E-state index contributed by atoms with van der Waals surface area (Å²) in [6, 6.07) is 7.88. The van der Waals surface area contributed by atoms with E-state index in [2.05, 4.69) is 15.5 Å². The first-order valence-electron chi connectivity index (χ1n) is 6.29. The zero-order chi connectivity index (χ0) is 12.4. The molecule has 2 heterocycles. The summed E-state index contributed by atoms with van der Waals surface area (Å²) in [6.45, 7) is 3.65. The average molecular weight is 247 g/mol. The molecule has 5 heteroatoms. The van der Waals surface area contributed by atoms with E-state index in [0.717, 1.165) is 37.6 Å². The summed E-state index contributed by atoms with van der Waals surface area (Å²) < 4.78 is 5.70. The van der Waals surface area contributed by atoms with Gasteiger partial charge in [0.25, 0.3) is 0 Å². The number of nitrogens with one attached hydrogen (secondary N) is 2. The second-order valence-electron chi connectivity index (χ2n) is 4.64. The van der Waals surface area contributed by atoms with E-state index < -0.39 is 0 Å². The zero-order valence-corrected chi connectivity index (χ0v) is 10.2. The Kier molecular flexibility index (Phi) is 3.17. The summed E-state index contributed by atoms with van der Waals surface area (Å²) in [4.78, 5) is 13.8. The molecule has 1 fully saturated rings. The van der Waals surface area contributed by atoms with Crippen LogP contribution >= 0.6 is 0 Å². The van der Waals surface area contributed by atoms with Crippen molar-refractivity contribution in [1.29, 1.82) is 0 Å². The Bertz CT molecular complexity index is 444. The lowest BCUT2D eigenvalue weighted by Gasteiger charge is -2.35. The highest BCUT2D eigenvalue weighted by molar-refractivity contribution is 6.01. The van der Waals surface area contributed by atoms with E-state index in [1.165, 1.54) is 0 Å². The second kappa shape index (κ2) is 4.96. The van der Waals surface area contributed by atoms with Crippen LogP contribution in [0.25, 0.3) is 0 Å². The van der Waals surface area contributed by atoms with Crippen molar-refractivity contribution in [1.82, 2.24) is 5.32 Å². The van der Waals surface area contributed by atoms with Crippen molar-refractivity contribution in [2.45, 2.75) is 6.10 Å². The van der Waals surface area contributed by atoms with Gasteiger partial charge in [-0.15, -0.1) is 0 Å². The van der Waals surface area contributed by atoms with Crippen LogP contribution in [0.1, 0.15) is 0 Å². The number of hydrogen-bond donors (Lipinski definition) is 2. The summed E-state index contributed by atoms with van der Waals surface area (Å²) in [5, 5.41) is 6.20. The molecule has 1 unspecified atom stereocenters. The monoisotopic (exact) mass is 247 g/mol. The molecule has 2 aliphatic heterocycles. The van der Waals surface area contributed by atoms with Crippen LogP contribution in [0.2, 0.25) is 0 Å². The highest BCUT2D eigenvalue weighted by Crippen LogP contribution is 2.28. The minimum absolute atomic E-state index is 0.0393. The highest BCUT2D eigenvalue weighted by atomic mass is 16.5. The largest absolute Gasteiger partial charge is 0.374 e. The van der Waals surface area contributed by atoms with E-state index >= 15 is 0 Å². The Balaban J connectivity index is 1.77. The number of amides is 1. The summed E-state index contributed by atoms with van der Waals surface area (Å²) >= 11 is 0. The standard InChI is InChI=1S/C13H17N3O2/c17-13-9-16(8-10-7-14-5-6-18-10)12-4-2-1-3-11(12)15-13/h1-4,10,14H,5-9H2,(H,15,17). The number of carbonyl (C=O) groups is 1. The van der Waals surface area contributed by atoms with Crippen LogP contribution in [-0.4, -0.2) is 44.8 Å². The van der Waals surface area contributed by atoms with E-state index in [0.29, 0.717) is 6.54 Å². The maximum absolute atomic E-state index is 11.7. The summed E-state index contributed by atoms with van der Waals surface area (Å²) in [6.07, 6.45) is 0.151. The molecule has 0 spiro atoms. The molecule has 5 nitrogen and oxygen atoms in total. The van der Waals surface area contributed by atoms with E-state index in [9.17, 15) is 4.79 Å². The van der Waals surface area contributed by atoms with Gasteiger partial charge in [-0.3, -0.25) is 4.79 Å². The lowest BCUT2D eigenvalue weighted by atomic mass is 10.1. The molecular weight excluding hydrogens is 230 g/mol. The first kappa shape index (κ1) is 11.5. The van der Waals surface area contributed by atoms with Crippen LogP contribution in [0, 0.1) is 0 Å². The Morgan fingerprint density at radius 2 is 2.28 bits per heavy atom. The molecule has 1 aromatic carbocycles. The third-order valence-electron chi connectivity index (χ3n) is 3.28. The second-order valence-corrected chi connectivity index (χ2v) is 4.64. The summed E-state index contributed by atoms with van der Waals surface area (Å²) in [5.74, 6) is 0.0393. The number of morpholine rings is 1. The number of nitrogens with zero attached hydrogens (tertiary/aromatic N) is 1. The Hall–Kier alpha value is -1.59. The Morgan fingerprint density at radius 1 is 1.39 bits per heavy atom. The number of anilines is 2. The molecule has 18 heavy (non-hydrogen) atoms. The van der Waals surface area contributed by atoms with Crippen molar-refractivity contribution in [3.63, 3.8) is 0 Å². The van der Waals surface area contributed by atoms with Crippen molar-refractivity contribution >= 4 is 17.3 Å². The molecule has 0 aromatic heterocycles. The normalized spacial score (nSPS) is 23.4. The molecule has 96 valence electrons. The average Bonchev–Trinajstić information content (AvgIpc) is 2.40. The van der Waals surface area contributed by atoms with Gasteiger partial charge in [0.1, 0.15) is 0 Å². The van der Waals surface area contributed by atoms with Crippen LogP contribution in [0.5, 0.6) is 0 Å². The number of benzene rings is 1. The van der Waals surface area contributed by atoms with Gasteiger partial charge in [-0.25, -0.2) is 0 Å². The van der Waals surface area contributed by atoms with Crippen LogP contribution < -0.4 is 15.5 Å². The topological polar surface area (TPSA) is 53.6 Å². The van der Waals surface area contributed by atoms with Gasteiger partial charge in [0.05, 0.1) is 30.6 Å². The van der Waals surface area contributed by atoms with Gasteiger partial charge < -0.3 is 20.3 Å². The molecule has 1 aromatic rings. The van der Waals surface area contributed by atoms with Gasteiger partial charge in [-0.05, 0) is 12.1 Å². The minimum Gasteiger partial charge on any atom is -0.374 e. The van der Waals surface area contributed by atoms with Crippen molar-refractivity contribution in [3.05, 3.63) is 24.3 Å². The maximum Gasteiger partial charge on any atom is 0.243 e. The van der Waals surface area contributed by atoms with Gasteiger partial charge in [-0.1, -0.05) is 12.1 Å². The fourth-order valence-corrected chi connectivity index (χ4v) is 2.45. The smallest absolute Gasteiger partial charge is 0.243 e. The number of fused-ring (bicyclic) bond motifs is 1. The highest BCUT2D eigenvalue weighted by Gasteiger charge is 2.25. The maximum atomic E-state index is 11.7. The van der Waals surface area contributed by atoms with E-state index in [-0.39, 0.29) is 12.0 Å². The van der Waals surface area contributed by atoms with Crippen molar-refractivity contribution in [2.24, 2.45) is 0 Å². The fraction of sp³-hybridized carbons (Fsp3) is 0.462. The molecule has 0 aliphatic carbocycles. The lowest BCUT2D eigenvalue weighted by molar-refractivity contribution is -0.115. The molecule has 0 radical (unpaired) electrons. The van der Waals surface area contributed by atoms with Gasteiger partial charge in [0, 0.05) is 19.6 Å². The molecule has 1 saturated heterocycles. The van der Waals surface area contributed by atoms with E-state index in [4.69, 9.17) is 4.74 Å². The van der Waals surface area contributed by atoms with Gasteiger partial charge in [-0.2, -0.15) is 0 Å². The number of carbonyl (C=O) groups excluding carboxylic acids is 1. The molecule has 3 rings (SSSR count). The molecule has 2 N–H and O–H groups in total. The minimum atomic E-state index is 0.0393. The number of para-hydroxylation sites is 2. The predicted molar refractivity (Wildman–Crippen MR) is 69.9 cm³/mol.